The number of anilines is 1. The summed E-state index contributed by atoms with van der Waals surface area (Å²) in [5.41, 5.74) is 2.48. The Morgan fingerprint density at radius 1 is 1.22 bits per heavy atom. The molecule has 0 amide bonds. The molecule has 2 rings (SSSR count). The van der Waals surface area contributed by atoms with Crippen LogP contribution in [0.2, 0.25) is 0 Å². The molecule has 1 fully saturated rings. The van der Waals surface area contributed by atoms with Crippen molar-refractivity contribution in [2.45, 2.75) is 52.0 Å². The summed E-state index contributed by atoms with van der Waals surface area (Å²) < 4.78 is 2.32. The zero-order valence-electron chi connectivity index (χ0n) is 11.1. The van der Waals surface area contributed by atoms with Crippen molar-refractivity contribution in [2.24, 2.45) is 5.92 Å². The van der Waals surface area contributed by atoms with E-state index in [1.165, 1.54) is 43.4 Å². The number of benzene rings is 1. The van der Waals surface area contributed by atoms with Crippen LogP contribution >= 0.6 is 31.9 Å². The van der Waals surface area contributed by atoms with Gasteiger partial charge in [-0.1, -0.05) is 26.2 Å². The van der Waals surface area contributed by atoms with Crippen LogP contribution in [0.4, 0.5) is 5.69 Å². The molecule has 0 aromatic heterocycles. The highest BCUT2D eigenvalue weighted by Gasteiger charge is 2.21. The van der Waals surface area contributed by atoms with Crippen molar-refractivity contribution in [3.8, 4) is 0 Å². The van der Waals surface area contributed by atoms with Gasteiger partial charge >= 0.3 is 0 Å². The molecule has 0 bridgehead atoms. The molecule has 100 valence electrons. The third-order valence-electron chi connectivity index (χ3n) is 3.90. The topological polar surface area (TPSA) is 12.0 Å². The van der Waals surface area contributed by atoms with Crippen LogP contribution in [0.15, 0.2) is 21.1 Å². The van der Waals surface area contributed by atoms with Gasteiger partial charge in [0.05, 0.1) is 5.69 Å². The number of hydrogen-bond donors (Lipinski definition) is 1. The van der Waals surface area contributed by atoms with Crippen molar-refractivity contribution in [3.63, 3.8) is 0 Å². The summed E-state index contributed by atoms with van der Waals surface area (Å²) in [7, 11) is 0. The minimum Gasteiger partial charge on any atom is -0.380 e. The smallest absolute Gasteiger partial charge is 0.0631 e. The largest absolute Gasteiger partial charge is 0.380 e. The lowest BCUT2D eigenvalue weighted by Crippen LogP contribution is -2.27. The molecule has 0 radical (unpaired) electrons. The zero-order chi connectivity index (χ0) is 13.1. The van der Waals surface area contributed by atoms with Crippen LogP contribution in [0.25, 0.3) is 0 Å². The lowest BCUT2D eigenvalue weighted by atomic mass is 9.84. The predicted molar refractivity (Wildman–Crippen MR) is 86.2 cm³/mol. The van der Waals surface area contributed by atoms with Gasteiger partial charge < -0.3 is 5.32 Å². The number of hydrogen-bond acceptors (Lipinski definition) is 1. The summed E-state index contributed by atoms with van der Waals surface area (Å²) in [4.78, 5) is 0. The number of halogens is 2. The van der Waals surface area contributed by atoms with E-state index in [2.05, 4.69) is 63.2 Å². The molecule has 0 saturated heterocycles. The lowest BCUT2D eigenvalue weighted by molar-refractivity contribution is 0.327. The first kappa shape index (κ1) is 14.4. The minimum absolute atomic E-state index is 0.624. The quantitative estimate of drug-likeness (QED) is 0.694. The van der Waals surface area contributed by atoms with Crippen molar-refractivity contribution in [1.29, 1.82) is 0 Å². The summed E-state index contributed by atoms with van der Waals surface area (Å²) in [5.74, 6) is 0.902. The van der Waals surface area contributed by atoms with Gasteiger partial charge in [0.25, 0.3) is 0 Å². The standard InChI is InChI=1S/C15H21Br2N/c1-3-11-5-4-6-12(9-11)18-15-13(16)7-10(2)8-14(15)17/h7-8,11-12,18H,3-6,9H2,1-2H3. The van der Waals surface area contributed by atoms with Crippen molar-refractivity contribution >= 4 is 37.5 Å². The second-order valence-corrected chi connectivity index (χ2v) is 7.09. The Labute approximate surface area is 127 Å². The van der Waals surface area contributed by atoms with Gasteiger partial charge in [-0.25, -0.2) is 0 Å². The first-order valence-electron chi connectivity index (χ1n) is 6.82. The molecule has 1 aromatic carbocycles. The number of aryl methyl sites for hydroxylation is 1. The van der Waals surface area contributed by atoms with E-state index in [-0.39, 0.29) is 0 Å². The molecule has 1 saturated carbocycles. The molecule has 0 heterocycles. The van der Waals surface area contributed by atoms with Gasteiger partial charge in [-0.3, -0.25) is 0 Å². The van der Waals surface area contributed by atoms with Crippen LogP contribution in [0.5, 0.6) is 0 Å². The fraction of sp³-hybridized carbons (Fsp3) is 0.600. The van der Waals surface area contributed by atoms with Crippen LogP contribution in [0, 0.1) is 12.8 Å². The first-order valence-corrected chi connectivity index (χ1v) is 8.41. The van der Waals surface area contributed by atoms with E-state index in [1.54, 1.807) is 0 Å². The maximum atomic E-state index is 3.72. The molecule has 0 aliphatic heterocycles. The minimum atomic E-state index is 0.624. The Bertz CT molecular complexity index is 394. The average molecular weight is 375 g/mol. The van der Waals surface area contributed by atoms with E-state index in [0.29, 0.717) is 6.04 Å². The SMILES string of the molecule is CCC1CCCC(Nc2c(Br)cc(C)cc2Br)C1. The average Bonchev–Trinajstić information content (AvgIpc) is 2.34. The third kappa shape index (κ3) is 3.51. The van der Waals surface area contributed by atoms with Crippen LogP contribution in [0.3, 0.4) is 0 Å². The molecule has 1 aromatic rings. The van der Waals surface area contributed by atoms with E-state index in [1.807, 2.05) is 0 Å². The summed E-state index contributed by atoms with van der Waals surface area (Å²) >= 11 is 7.33. The fourth-order valence-corrected chi connectivity index (χ4v) is 4.48. The van der Waals surface area contributed by atoms with Gasteiger partial charge in [-0.15, -0.1) is 0 Å². The van der Waals surface area contributed by atoms with Crippen molar-refractivity contribution in [1.82, 2.24) is 0 Å². The highest BCUT2D eigenvalue weighted by atomic mass is 79.9. The Morgan fingerprint density at radius 3 is 2.50 bits per heavy atom. The van der Waals surface area contributed by atoms with Gasteiger partial charge in [-0.2, -0.15) is 0 Å². The Hall–Kier alpha value is -0.0200. The Morgan fingerprint density at radius 2 is 1.89 bits per heavy atom. The van der Waals surface area contributed by atoms with Crippen LogP contribution in [0.1, 0.15) is 44.6 Å². The third-order valence-corrected chi connectivity index (χ3v) is 5.15. The second kappa shape index (κ2) is 6.42. The molecule has 2 unspecified atom stereocenters. The lowest BCUT2D eigenvalue weighted by Gasteiger charge is -2.30. The molecule has 0 spiro atoms. The monoisotopic (exact) mass is 373 g/mol. The highest BCUT2D eigenvalue weighted by Crippen LogP contribution is 2.35. The molecule has 1 N–H and O–H groups in total. The van der Waals surface area contributed by atoms with E-state index in [0.717, 1.165) is 14.9 Å². The van der Waals surface area contributed by atoms with E-state index >= 15 is 0 Å². The maximum absolute atomic E-state index is 3.72. The molecule has 3 heteroatoms. The van der Waals surface area contributed by atoms with Crippen molar-refractivity contribution in [3.05, 3.63) is 26.6 Å². The van der Waals surface area contributed by atoms with Gasteiger partial charge in [0.1, 0.15) is 0 Å². The Kier molecular flexibility index (Phi) is 5.14. The van der Waals surface area contributed by atoms with Crippen LogP contribution in [-0.2, 0) is 0 Å². The summed E-state index contributed by atoms with van der Waals surface area (Å²) in [6.45, 7) is 4.43. The first-order chi connectivity index (χ1) is 8.60. The normalized spacial score (nSPS) is 24.0. The molecule has 1 aliphatic rings. The van der Waals surface area contributed by atoms with Crippen molar-refractivity contribution in [2.75, 3.05) is 5.32 Å². The van der Waals surface area contributed by atoms with E-state index < -0.39 is 0 Å². The van der Waals surface area contributed by atoms with Gasteiger partial charge in [0.2, 0.25) is 0 Å². The van der Waals surface area contributed by atoms with E-state index in [9.17, 15) is 0 Å². The van der Waals surface area contributed by atoms with Gasteiger partial charge in [-0.05, 0) is 75.2 Å². The molecule has 1 nitrogen and oxygen atoms in total. The number of nitrogens with one attached hydrogen (secondary N) is 1. The van der Waals surface area contributed by atoms with Gasteiger partial charge in [0.15, 0.2) is 0 Å². The summed E-state index contributed by atoms with van der Waals surface area (Å²) in [6, 6.07) is 4.97. The predicted octanol–water partition coefficient (Wildman–Crippen LogP) is 5.90. The van der Waals surface area contributed by atoms with E-state index in [4.69, 9.17) is 0 Å². The highest BCUT2D eigenvalue weighted by molar-refractivity contribution is 9.11. The Balaban J connectivity index is 2.09. The molecule has 1 aliphatic carbocycles. The molecule has 18 heavy (non-hydrogen) atoms. The van der Waals surface area contributed by atoms with Crippen molar-refractivity contribution < 1.29 is 0 Å². The summed E-state index contributed by atoms with van der Waals surface area (Å²) in [5, 5.41) is 3.72. The van der Waals surface area contributed by atoms with Crippen LogP contribution in [-0.4, -0.2) is 6.04 Å². The summed E-state index contributed by atoms with van der Waals surface area (Å²) in [6.07, 6.45) is 6.68. The number of rotatable bonds is 3. The van der Waals surface area contributed by atoms with Gasteiger partial charge in [0, 0.05) is 15.0 Å². The fourth-order valence-electron chi connectivity index (χ4n) is 2.83. The zero-order valence-corrected chi connectivity index (χ0v) is 14.3. The second-order valence-electron chi connectivity index (χ2n) is 5.39. The molecular formula is C15H21Br2N. The molecular weight excluding hydrogens is 354 g/mol. The molecule has 2 atom stereocenters. The van der Waals surface area contributed by atoms with Crippen LogP contribution < -0.4 is 5.32 Å². The maximum Gasteiger partial charge on any atom is 0.0631 e.